The fourth-order valence-corrected chi connectivity index (χ4v) is 4.13. The Bertz CT molecular complexity index is 985. The lowest BCUT2D eigenvalue weighted by Gasteiger charge is -2.28. The van der Waals surface area contributed by atoms with Crippen molar-refractivity contribution in [2.24, 2.45) is 0 Å². The van der Waals surface area contributed by atoms with Gasteiger partial charge in [-0.05, 0) is 43.7 Å². The molecule has 158 valence electrons. The Hall–Kier alpha value is -2.99. The number of benzene rings is 2. The van der Waals surface area contributed by atoms with Gasteiger partial charge in [-0.3, -0.25) is 4.90 Å². The van der Waals surface area contributed by atoms with Gasteiger partial charge < -0.3 is 19.1 Å². The van der Waals surface area contributed by atoms with E-state index >= 15 is 0 Å². The molecule has 30 heavy (non-hydrogen) atoms. The number of nitrogens with zero attached hydrogens (tertiary/aromatic N) is 2. The van der Waals surface area contributed by atoms with Crippen molar-refractivity contribution in [2.45, 2.75) is 38.3 Å². The number of phenols is 1. The van der Waals surface area contributed by atoms with Gasteiger partial charge in [0.1, 0.15) is 11.4 Å². The lowest BCUT2D eigenvalue weighted by Crippen LogP contribution is -2.28. The van der Waals surface area contributed by atoms with E-state index in [9.17, 15) is 5.11 Å². The van der Waals surface area contributed by atoms with Crippen molar-refractivity contribution < 1.29 is 19.1 Å². The predicted molar refractivity (Wildman–Crippen MR) is 115 cm³/mol. The smallest absolute Gasteiger partial charge is 0.167 e. The van der Waals surface area contributed by atoms with Crippen LogP contribution < -0.4 is 9.47 Å². The molecule has 2 heterocycles. The van der Waals surface area contributed by atoms with Gasteiger partial charge in [-0.15, -0.1) is 0 Å². The van der Waals surface area contributed by atoms with Crippen molar-refractivity contribution in [3.63, 3.8) is 0 Å². The Morgan fingerprint density at radius 3 is 2.67 bits per heavy atom. The third-order valence-electron chi connectivity index (χ3n) is 5.77. The number of phenolic OH excluding ortho intramolecular Hbond substituents is 1. The minimum atomic E-state index is 0.157. The maximum absolute atomic E-state index is 10.2. The van der Waals surface area contributed by atoms with Gasteiger partial charge in [-0.2, -0.15) is 0 Å². The third-order valence-corrected chi connectivity index (χ3v) is 5.77. The number of likely N-dealkylation sites (tertiary alicyclic amines) is 1. The summed E-state index contributed by atoms with van der Waals surface area (Å²) in [5.74, 6) is 2.38. The van der Waals surface area contributed by atoms with Crippen molar-refractivity contribution in [1.29, 1.82) is 0 Å². The summed E-state index contributed by atoms with van der Waals surface area (Å²) in [5, 5.41) is 14.6. The summed E-state index contributed by atoms with van der Waals surface area (Å²) in [4.78, 5) is 2.40. The van der Waals surface area contributed by atoms with E-state index in [0.717, 1.165) is 42.6 Å². The number of para-hydroxylation sites is 1. The fourth-order valence-electron chi connectivity index (χ4n) is 4.13. The van der Waals surface area contributed by atoms with Crippen molar-refractivity contribution in [3.8, 4) is 28.6 Å². The topological polar surface area (TPSA) is 68.0 Å². The fraction of sp³-hybridized carbons (Fsp3) is 0.375. The molecule has 0 saturated carbocycles. The summed E-state index contributed by atoms with van der Waals surface area (Å²) in [6.07, 6.45) is 4.52. The lowest BCUT2D eigenvalue weighted by molar-refractivity contribution is 0.182. The number of methoxy groups -OCH3 is 2. The predicted octanol–water partition coefficient (Wildman–Crippen LogP) is 5.18. The minimum absolute atomic E-state index is 0.157. The SMILES string of the molecule is COc1ccc(-c2cc([C@H]3CCCCCN3Cc3ccccc3O)no2)cc1OC. The summed E-state index contributed by atoms with van der Waals surface area (Å²) >= 11 is 0. The lowest BCUT2D eigenvalue weighted by atomic mass is 10.0. The molecule has 0 aliphatic carbocycles. The van der Waals surface area contributed by atoms with Crippen LogP contribution in [0.4, 0.5) is 0 Å². The highest BCUT2D eigenvalue weighted by Gasteiger charge is 2.26. The maximum atomic E-state index is 10.2. The monoisotopic (exact) mass is 408 g/mol. The number of ether oxygens (including phenoxy) is 2. The quantitative estimate of drug-likeness (QED) is 0.606. The Labute approximate surface area is 177 Å². The molecule has 2 aromatic carbocycles. The Morgan fingerprint density at radius 2 is 1.87 bits per heavy atom. The first-order chi connectivity index (χ1) is 14.7. The molecule has 0 unspecified atom stereocenters. The summed E-state index contributed by atoms with van der Waals surface area (Å²) in [6, 6.07) is 15.4. The van der Waals surface area contributed by atoms with E-state index in [4.69, 9.17) is 14.0 Å². The van der Waals surface area contributed by atoms with Crippen molar-refractivity contribution in [1.82, 2.24) is 10.1 Å². The molecule has 3 aromatic rings. The van der Waals surface area contributed by atoms with Crippen LogP contribution >= 0.6 is 0 Å². The first-order valence-corrected chi connectivity index (χ1v) is 10.4. The van der Waals surface area contributed by atoms with Gasteiger partial charge in [0.15, 0.2) is 17.3 Å². The van der Waals surface area contributed by atoms with Gasteiger partial charge >= 0.3 is 0 Å². The molecule has 0 bridgehead atoms. The first kappa shape index (κ1) is 20.3. The van der Waals surface area contributed by atoms with Gasteiger partial charge in [-0.25, -0.2) is 0 Å². The number of hydrogen-bond donors (Lipinski definition) is 1. The second kappa shape index (κ2) is 9.22. The normalized spacial score (nSPS) is 17.5. The molecule has 4 rings (SSSR count). The number of rotatable bonds is 6. The van der Waals surface area contributed by atoms with Gasteiger partial charge in [0.2, 0.25) is 0 Å². The van der Waals surface area contributed by atoms with Gasteiger partial charge in [-0.1, -0.05) is 36.2 Å². The molecule has 1 aliphatic heterocycles. The van der Waals surface area contributed by atoms with E-state index in [-0.39, 0.29) is 6.04 Å². The van der Waals surface area contributed by atoms with Crippen molar-refractivity contribution >= 4 is 0 Å². The Morgan fingerprint density at radius 1 is 1.03 bits per heavy atom. The zero-order chi connectivity index (χ0) is 20.9. The summed E-state index contributed by atoms with van der Waals surface area (Å²) < 4.78 is 16.5. The molecule has 0 radical (unpaired) electrons. The highest BCUT2D eigenvalue weighted by Crippen LogP contribution is 2.36. The van der Waals surface area contributed by atoms with Crippen LogP contribution in [0.3, 0.4) is 0 Å². The average molecular weight is 408 g/mol. The van der Waals surface area contributed by atoms with E-state index in [1.54, 1.807) is 20.3 Å². The van der Waals surface area contributed by atoms with Gasteiger partial charge in [0.25, 0.3) is 0 Å². The standard InChI is InChI=1S/C24H28N2O4/c1-28-22-12-11-17(14-24(22)29-2)23-15-19(25-30-23)20-9-4-3-7-13-26(20)16-18-8-5-6-10-21(18)27/h5-6,8,10-12,14-15,20,27H,3-4,7,9,13,16H2,1-2H3/t20-/m1/s1. The molecule has 1 N–H and O–H groups in total. The summed E-state index contributed by atoms with van der Waals surface area (Å²) in [6.45, 7) is 1.66. The third kappa shape index (κ3) is 4.28. The molecule has 0 spiro atoms. The molecular formula is C24H28N2O4. The molecule has 1 saturated heterocycles. The first-order valence-electron chi connectivity index (χ1n) is 10.4. The second-order valence-corrected chi connectivity index (χ2v) is 7.65. The largest absolute Gasteiger partial charge is 0.508 e. The summed E-state index contributed by atoms with van der Waals surface area (Å²) in [7, 11) is 3.24. The Kier molecular flexibility index (Phi) is 6.23. The second-order valence-electron chi connectivity index (χ2n) is 7.65. The van der Waals surface area contributed by atoms with Crippen LogP contribution in [0.15, 0.2) is 53.1 Å². The molecule has 1 aliphatic rings. The van der Waals surface area contributed by atoms with Crippen LogP contribution in [0.2, 0.25) is 0 Å². The number of hydrogen-bond acceptors (Lipinski definition) is 6. The Balaban J connectivity index is 1.60. The van der Waals surface area contributed by atoms with Crippen LogP contribution in [-0.4, -0.2) is 35.9 Å². The van der Waals surface area contributed by atoms with Crippen LogP contribution in [0.25, 0.3) is 11.3 Å². The van der Waals surface area contributed by atoms with E-state index in [2.05, 4.69) is 10.1 Å². The molecule has 1 fully saturated rings. The zero-order valence-corrected chi connectivity index (χ0v) is 17.5. The van der Waals surface area contributed by atoms with E-state index in [1.165, 1.54) is 6.42 Å². The number of aromatic hydroxyl groups is 1. The molecule has 1 aromatic heterocycles. The van der Waals surface area contributed by atoms with Crippen LogP contribution in [0, 0.1) is 0 Å². The highest BCUT2D eigenvalue weighted by molar-refractivity contribution is 5.62. The molecule has 0 amide bonds. The van der Waals surface area contributed by atoms with Crippen LogP contribution in [0.5, 0.6) is 17.2 Å². The zero-order valence-electron chi connectivity index (χ0n) is 17.5. The van der Waals surface area contributed by atoms with Crippen molar-refractivity contribution in [2.75, 3.05) is 20.8 Å². The van der Waals surface area contributed by atoms with Gasteiger partial charge in [0, 0.05) is 23.7 Å². The van der Waals surface area contributed by atoms with Gasteiger partial charge in [0.05, 0.1) is 20.3 Å². The van der Waals surface area contributed by atoms with E-state index in [1.807, 2.05) is 42.5 Å². The van der Waals surface area contributed by atoms with Crippen LogP contribution in [0.1, 0.15) is 43.0 Å². The van der Waals surface area contributed by atoms with E-state index < -0.39 is 0 Å². The van der Waals surface area contributed by atoms with Crippen molar-refractivity contribution in [3.05, 3.63) is 59.8 Å². The molecular weight excluding hydrogens is 380 g/mol. The van der Waals surface area contributed by atoms with Crippen LogP contribution in [-0.2, 0) is 6.54 Å². The maximum Gasteiger partial charge on any atom is 0.167 e. The number of aromatic nitrogens is 1. The molecule has 6 heteroatoms. The van der Waals surface area contributed by atoms with E-state index in [0.29, 0.717) is 29.6 Å². The highest BCUT2D eigenvalue weighted by atomic mass is 16.5. The molecule has 1 atom stereocenters. The minimum Gasteiger partial charge on any atom is -0.508 e. The summed E-state index contributed by atoms with van der Waals surface area (Å²) in [5.41, 5.74) is 2.76. The molecule has 6 nitrogen and oxygen atoms in total. The average Bonchev–Trinajstić information content (AvgIpc) is 3.15.